The highest BCUT2D eigenvalue weighted by Crippen LogP contribution is 2.61. The molecule has 0 N–H and O–H groups in total. The van der Waals surface area contributed by atoms with Gasteiger partial charge < -0.3 is 14.3 Å². The van der Waals surface area contributed by atoms with E-state index in [9.17, 15) is 0 Å². The molecule has 404 valence electrons. The maximum absolute atomic E-state index is 2.83. The fraction of sp³-hybridized carbons (Fsp3) is 0.299. The van der Waals surface area contributed by atoms with Gasteiger partial charge in [0.1, 0.15) is 0 Å². The molecule has 0 bridgehead atoms. The summed E-state index contributed by atoms with van der Waals surface area (Å²) in [6.07, 6.45) is 2.31. The number of para-hydroxylation sites is 1. The van der Waals surface area contributed by atoms with Gasteiger partial charge in [-0.1, -0.05) is 225 Å². The molecule has 1 aromatic heterocycles. The van der Waals surface area contributed by atoms with Gasteiger partial charge in [-0.05, 0) is 155 Å². The molecule has 2 aliphatic carbocycles. The minimum Gasteiger partial charge on any atom is -0.375 e. The first-order valence-electron chi connectivity index (χ1n) is 29.9. The highest BCUT2D eigenvalue weighted by Gasteiger charge is 2.55. The molecule has 9 aromatic carbocycles. The summed E-state index contributed by atoms with van der Waals surface area (Å²) in [6, 6.07) is 69.0. The Balaban J connectivity index is 1.18. The molecule has 4 aliphatic rings. The number of benzene rings is 9. The van der Waals surface area contributed by atoms with Crippen molar-refractivity contribution in [3.63, 3.8) is 0 Å². The van der Waals surface area contributed by atoms with Gasteiger partial charge in [-0.25, -0.2) is 0 Å². The molecule has 0 amide bonds. The summed E-state index contributed by atoms with van der Waals surface area (Å²) in [5, 5.41) is 5.17. The van der Waals surface area contributed by atoms with Gasteiger partial charge in [0.2, 0.25) is 0 Å². The molecule has 10 aromatic rings. The van der Waals surface area contributed by atoms with Crippen molar-refractivity contribution in [2.45, 2.75) is 149 Å². The van der Waals surface area contributed by atoms with Crippen LogP contribution in [0.3, 0.4) is 0 Å². The number of hydrogen-bond acceptors (Lipinski definition) is 2. The van der Waals surface area contributed by atoms with Crippen LogP contribution in [-0.4, -0.2) is 11.3 Å². The molecular weight excluding hydrogens is 978 g/mol. The van der Waals surface area contributed by atoms with E-state index in [4.69, 9.17) is 0 Å². The fourth-order valence-corrected chi connectivity index (χ4v) is 14.9. The summed E-state index contributed by atoms with van der Waals surface area (Å²) < 4.78 is 2.83. The summed E-state index contributed by atoms with van der Waals surface area (Å²) >= 11 is 0. The maximum Gasteiger partial charge on any atom is 0.329 e. The average molecular weight is 1060 g/mol. The summed E-state index contributed by atoms with van der Waals surface area (Å²) in [6.45, 7) is 35.9. The van der Waals surface area contributed by atoms with E-state index in [1.165, 1.54) is 122 Å². The van der Waals surface area contributed by atoms with Crippen LogP contribution in [0.2, 0.25) is 0 Å². The molecular formula is C77H78BN3. The molecule has 4 heteroatoms. The van der Waals surface area contributed by atoms with Gasteiger partial charge in [0, 0.05) is 77.7 Å². The van der Waals surface area contributed by atoms with Gasteiger partial charge in [0.15, 0.2) is 0 Å². The molecule has 0 saturated heterocycles. The average Bonchev–Trinajstić information content (AvgIpc) is 1.71. The van der Waals surface area contributed by atoms with Crippen molar-refractivity contribution in [1.29, 1.82) is 0 Å². The second kappa shape index (κ2) is 17.2. The van der Waals surface area contributed by atoms with Gasteiger partial charge in [-0.2, -0.15) is 0 Å². The molecule has 0 unspecified atom stereocenters. The zero-order chi connectivity index (χ0) is 56.7. The van der Waals surface area contributed by atoms with E-state index >= 15 is 0 Å². The van der Waals surface area contributed by atoms with E-state index in [1.807, 2.05) is 0 Å². The molecule has 3 heterocycles. The Kier molecular flexibility index (Phi) is 11.0. The van der Waals surface area contributed by atoms with Gasteiger partial charge >= 0.3 is 6.85 Å². The van der Waals surface area contributed by atoms with E-state index in [-0.39, 0.29) is 39.3 Å². The topological polar surface area (TPSA) is 11.4 Å². The first-order chi connectivity index (χ1) is 38.3. The third-order valence-electron chi connectivity index (χ3n) is 19.7. The van der Waals surface area contributed by atoms with Crippen LogP contribution in [0, 0.1) is 0 Å². The lowest BCUT2D eigenvalue weighted by Crippen LogP contribution is -2.52. The largest absolute Gasteiger partial charge is 0.375 e. The lowest BCUT2D eigenvalue weighted by atomic mass is 9.40. The molecule has 14 rings (SSSR count). The Morgan fingerprint density at radius 1 is 0.420 bits per heavy atom. The summed E-state index contributed by atoms with van der Waals surface area (Å²) in [4.78, 5) is 5.32. The zero-order valence-electron chi connectivity index (χ0n) is 50.6. The van der Waals surface area contributed by atoms with Crippen molar-refractivity contribution in [3.05, 3.63) is 220 Å². The number of allylic oxidation sites excluding steroid dienone is 1. The Morgan fingerprint density at radius 2 is 0.988 bits per heavy atom. The summed E-state index contributed by atoms with van der Waals surface area (Å²) in [5.41, 5.74) is 27.0. The second-order valence-electron chi connectivity index (χ2n) is 29.3. The van der Waals surface area contributed by atoms with Gasteiger partial charge in [0.25, 0.3) is 0 Å². The number of fused-ring (bicyclic) bond motifs is 11. The van der Waals surface area contributed by atoms with E-state index in [0.29, 0.717) is 0 Å². The lowest BCUT2D eigenvalue weighted by molar-refractivity contribution is 0.331. The van der Waals surface area contributed by atoms with E-state index in [2.05, 4.69) is 294 Å². The van der Waals surface area contributed by atoms with Gasteiger partial charge in [0.05, 0.1) is 5.69 Å². The van der Waals surface area contributed by atoms with E-state index in [0.717, 1.165) is 29.9 Å². The van der Waals surface area contributed by atoms with Crippen molar-refractivity contribution < 1.29 is 0 Å². The number of anilines is 5. The van der Waals surface area contributed by atoms with Gasteiger partial charge in [-0.15, -0.1) is 0 Å². The van der Waals surface area contributed by atoms with E-state index < -0.39 is 0 Å². The SMILES string of the molecule is CC(C)(C)c1ccc(N(c2ccc(C(C)(C)C)cc2)c2cc3c4c(c2)N(c2ccc(C(C)(C)C)cc2-c2ccccc2)C2=C(B4n4c5c-3cccc5c3ccc5ccccc5c34)C(C)(C)c3cc4c(cc32)C(C)(C)CCC4(C)C)cc1. The number of nitrogens with zero attached hydrogens (tertiary/aromatic N) is 3. The second-order valence-corrected chi connectivity index (χ2v) is 29.3. The normalized spacial score (nSPS) is 16.7. The Hall–Kier alpha value is -7.56. The molecule has 0 saturated carbocycles. The fourth-order valence-electron chi connectivity index (χ4n) is 14.9. The monoisotopic (exact) mass is 1060 g/mol. The van der Waals surface area contributed by atoms with Crippen molar-refractivity contribution in [3.8, 4) is 22.3 Å². The van der Waals surface area contributed by atoms with Crippen LogP contribution in [0.25, 0.3) is 60.5 Å². The molecule has 81 heavy (non-hydrogen) atoms. The molecule has 3 nitrogen and oxygen atoms in total. The molecule has 0 fully saturated rings. The Bertz CT molecular complexity index is 4240. The van der Waals surface area contributed by atoms with Crippen LogP contribution in [0.15, 0.2) is 181 Å². The predicted molar refractivity (Wildman–Crippen MR) is 350 cm³/mol. The third kappa shape index (κ3) is 7.67. The Labute approximate surface area is 482 Å². The summed E-state index contributed by atoms with van der Waals surface area (Å²) in [5.74, 6) is 0. The minimum atomic E-state index is -0.373. The van der Waals surface area contributed by atoms with Crippen LogP contribution in [0.1, 0.15) is 156 Å². The smallest absolute Gasteiger partial charge is 0.329 e. The highest BCUT2D eigenvalue weighted by molar-refractivity contribution is 6.86. The predicted octanol–water partition coefficient (Wildman–Crippen LogP) is 20.4. The number of hydrogen-bond donors (Lipinski definition) is 0. The highest BCUT2D eigenvalue weighted by atomic mass is 15.2. The summed E-state index contributed by atoms with van der Waals surface area (Å²) in [7, 11) is 0. The van der Waals surface area contributed by atoms with Crippen molar-refractivity contribution in [2.24, 2.45) is 0 Å². The van der Waals surface area contributed by atoms with E-state index in [1.54, 1.807) is 0 Å². The standard InChI is InChI=1S/C77H78BN3/c1-72(2,3)49-29-34-52(35-30-49)79(53-36-31-50(32-37-53)73(4,5)6)54-43-60-57-27-21-26-56-58-38-28-48-24-19-20-25-55(48)68(58)81(69(56)57)78-67(60)66(44-54)80(65-39-33-51(74(7,8)9)42-59(65)47-22-17-16-18-23-47)70-61-45-63-64(46-62(61)77(14,15)71(70)78)76(12,13)41-40-75(63,10)11/h16-39,42-46H,40-41H2,1-15H3. The van der Waals surface area contributed by atoms with Crippen LogP contribution < -0.4 is 15.3 Å². The van der Waals surface area contributed by atoms with Crippen molar-refractivity contribution in [2.75, 3.05) is 9.80 Å². The maximum atomic E-state index is 2.83. The first-order valence-corrected chi connectivity index (χ1v) is 29.9. The van der Waals surface area contributed by atoms with Crippen LogP contribution >= 0.6 is 0 Å². The number of aromatic nitrogens is 1. The molecule has 0 spiro atoms. The van der Waals surface area contributed by atoms with Crippen LogP contribution in [0.4, 0.5) is 28.4 Å². The zero-order valence-corrected chi connectivity index (χ0v) is 50.6. The molecule has 2 aliphatic heterocycles. The van der Waals surface area contributed by atoms with Gasteiger partial charge in [-0.3, -0.25) is 0 Å². The van der Waals surface area contributed by atoms with Crippen LogP contribution in [-0.2, 0) is 32.5 Å². The Morgan fingerprint density at radius 3 is 1.62 bits per heavy atom. The minimum absolute atomic E-state index is 0.00563. The quantitative estimate of drug-likeness (QED) is 0.159. The van der Waals surface area contributed by atoms with Crippen molar-refractivity contribution >= 4 is 79.0 Å². The lowest BCUT2D eigenvalue weighted by Gasteiger charge is -2.44. The number of rotatable bonds is 5. The van der Waals surface area contributed by atoms with Crippen LogP contribution in [0.5, 0.6) is 0 Å². The molecule has 0 atom stereocenters. The third-order valence-corrected chi connectivity index (χ3v) is 19.7. The molecule has 0 radical (unpaired) electrons. The van der Waals surface area contributed by atoms with Crippen molar-refractivity contribution in [1.82, 2.24) is 4.48 Å². The first kappa shape index (κ1) is 51.6.